The minimum Gasteiger partial charge on any atom is -0.459 e. The quantitative estimate of drug-likeness (QED) is 0.333. The summed E-state index contributed by atoms with van der Waals surface area (Å²) >= 11 is 1.74. The molecule has 0 N–H and O–H groups in total. The predicted octanol–water partition coefficient (Wildman–Crippen LogP) is 5.94. The van der Waals surface area contributed by atoms with E-state index in [0.717, 1.165) is 18.4 Å². The highest BCUT2D eigenvalue weighted by molar-refractivity contribution is 7.98. The minimum atomic E-state index is -0.277. The van der Waals surface area contributed by atoms with Gasteiger partial charge in [-0.25, -0.2) is 4.79 Å². The maximum atomic E-state index is 12.1. The highest BCUT2D eigenvalue weighted by atomic mass is 32.2. The van der Waals surface area contributed by atoms with Gasteiger partial charge in [-0.2, -0.15) is 0 Å². The molecule has 0 saturated carbocycles. The second kappa shape index (κ2) is 10.1. The number of thioether (sulfide) groups is 1. The van der Waals surface area contributed by atoms with E-state index >= 15 is 0 Å². The van der Waals surface area contributed by atoms with E-state index < -0.39 is 0 Å². The average Bonchev–Trinajstić information content (AvgIpc) is 2.66. The molecule has 0 saturated heterocycles. The zero-order chi connectivity index (χ0) is 18.1. The monoisotopic (exact) mass is 354 g/mol. The standard InChI is InChI=1S/C22H26O2S/c1-4-20(16-17(2)19-11-13-21(25-3)14-12-19)24-22(23)15-10-18-8-6-5-7-9-18/h5-15,17,20H,4,16H2,1-3H3. The van der Waals surface area contributed by atoms with Crippen LogP contribution in [0.1, 0.15) is 43.7 Å². The molecule has 132 valence electrons. The van der Waals surface area contributed by atoms with Crippen molar-refractivity contribution in [1.29, 1.82) is 0 Å². The Morgan fingerprint density at radius 2 is 1.80 bits per heavy atom. The van der Waals surface area contributed by atoms with Crippen molar-refractivity contribution < 1.29 is 9.53 Å². The van der Waals surface area contributed by atoms with Crippen LogP contribution in [0.2, 0.25) is 0 Å². The van der Waals surface area contributed by atoms with E-state index in [1.807, 2.05) is 30.3 Å². The Kier molecular flexibility index (Phi) is 7.80. The molecule has 2 aromatic rings. The van der Waals surface area contributed by atoms with Crippen molar-refractivity contribution in [3.63, 3.8) is 0 Å². The number of esters is 1. The molecule has 25 heavy (non-hydrogen) atoms. The first-order valence-electron chi connectivity index (χ1n) is 8.70. The lowest BCUT2D eigenvalue weighted by Crippen LogP contribution is -2.18. The third kappa shape index (κ3) is 6.43. The Labute approximate surface area is 155 Å². The van der Waals surface area contributed by atoms with Crippen LogP contribution in [0.25, 0.3) is 6.08 Å². The smallest absolute Gasteiger partial charge is 0.331 e. The Balaban J connectivity index is 1.90. The zero-order valence-corrected chi connectivity index (χ0v) is 16.0. The summed E-state index contributed by atoms with van der Waals surface area (Å²) in [6.45, 7) is 4.24. The Morgan fingerprint density at radius 3 is 2.40 bits per heavy atom. The summed E-state index contributed by atoms with van der Waals surface area (Å²) in [7, 11) is 0. The summed E-state index contributed by atoms with van der Waals surface area (Å²) in [6, 6.07) is 18.4. The molecule has 0 amide bonds. The fourth-order valence-electron chi connectivity index (χ4n) is 2.69. The summed E-state index contributed by atoms with van der Waals surface area (Å²) in [4.78, 5) is 13.3. The molecule has 2 unspecified atom stereocenters. The van der Waals surface area contributed by atoms with Crippen LogP contribution >= 0.6 is 11.8 Å². The molecular formula is C22H26O2S. The molecule has 0 aliphatic rings. The number of carbonyl (C=O) groups excluding carboxylic acids is 1. The molecule has 3 heteroatoms. The number of carbonyl (C=O) groups is 1. The van der Waals surface area contributed by atoms with Crippen molar-refractivity contribution in [3.8, 4) is 0 Å². The summed E-state index contributed by atoms with van der Waals surface area (Å²) < 4.78 is 5.63. The number of hydrogen-bond acceptors (Lipinski definition) is 3. The molecule has 0 bridgehead atoms. The van der Waals surface area contributed by atoms with Crippen LogP contribution in [-0.4, -0.2) is 18.3 Å². The fourth-order valence-corrected chi connectivity index (χ4v) is 3.10. The lowest BCUT2D eigenvalue weighted by Gasteiger charge is -2.20. The second-order valence-corrected chi connectivity index (χ2v) is 7.00. The molecular weight excluding hydrogens is 328 g/mol. The normalized spacial score (nSPS) is 13.6. The first-order valence-corrected chi connectivity index (χ1v) is 9.92. The van der Waals surface area contributed by atoms with Gasteiger partial charge >= 0.3 is 5.97 Å². The Bertz CT molecular complexity index is 677. The van der Waals surface area contributed by atoms with Gasteiger partial charge in [0.15, 0.2) is 0 Å². The van der Waals surface area contributed by atoms with Gasteiger partial charge in [0, 0.05) is 11.0 Å². The molecule has 2 rings (SSSR count). The lowest BCUT2D eigenvalue weighted by atomic mass is 9.94. The van der Waals surface area contributed by atoms with Crippen molar-refractivity contribution >= 4 is 23.8 Å². The molecule has 0 spiro atoms. The fraction of sp³-hybridized carbons (Fsp3) is 0.318. The largest absolute Gasteiger partial charge is 0.459 e. The van der Waals surface area contributed by atoms with Crippen molar-refractivity contribution in [3.05, 3.63) is 71.8 Å². The van der Waals surface area contributed by atoms with Crippen LogP contribution in [0.5, 0.6) is 0 Å². The highest BCUT2D eigenvalue weighted by Crippen LogP contribution is 2.25. The van der Waals surface area contributed by atoms with Gasteiger partial charge in [0.2, 0.25) is 0 Å². The average molecular weight is 355 g/mol. The first kappa shape index (κ1) is 19.3. The summed E-state index contributed by atoms with van der Waals surface area (Å²) in [5.74, 6) is 0.0763. The molecule has 2 nitrogen and oxygen atoms in total. The summed E-state index contributed by atoms with van der Waals surface area (Å²) in [6.07, 6.45) is 6.96. The van der Waals surface area contributed by atoms with Crippen molar-refractivity contribution in [2.75, 3.05) is 6.26 Å². The van der Waals surface area contributed by atoms with Gasteiger partial charge in [0.1, 0.15) is 6.10 Å². The van der Waals surface area contributed by atoms with Gasteiger partial charge in [-0.15, -0.1) is 11.8 Å². The predicted molar refractivity (Wildman–Crippen MR) is 107 cm³/mol. The topological polar surface area (TPSA) is 26.3 Å². The molecule has 0 fully saturated rings. The van der Waals surface area contributed by atoms with E-state index in [9.17, 15) is 4.79 Å². The molecule has 0 aromatic heterocycles. The van der Waals surface area contributed by atoms with E-state index in [1.165, 1.54) is 16.5 Å². The van der Waals surface area contributed by atoms with Gasteiger partial charge in [-0.3, -0.25) is 0 Å². The van der Waals surface area contributed by atoms with E-state index in [-0.39, 0.29) is 12.1 Å². The number of ether oxygens (including phenoxy) is 1. The number of hydrogen-bond donors (Lipinski definition) is 0. The second-order valence-electron chi connectivity index (χ2n) is 6.12. The van der Waals surface area contributed by atoms with Gasteiger partial charge < -0.3 is 4.74 Å². The lowest BCUT2D eigenvalue weighted by molar-refractivity contribution is -0.143. The molecule has 2 atom stereocenters. The minimum absolute atomic E-state index is 0.0665. The molecule has 2 aromatic carbocycles. The number of rotatable bonds is 8. The third-order valence-corrected chi connectivity index (χ3v) is 4.99. The van der Waals surface area contributed by atoms with Crippen molar-refractivity contribution in [1.82, 2.24) is 0 Å². The number of benzene rings is 2. The zero-order valence-electron chi connectivity index (χ0n) is 15.1. The van der Waals surface area contributed by atoms with Crippen LogP contribution in [0.15, 0.2) is 65.6 Å². The first-order chi connectivity index (χ1) is 12.1. The van der Waals surface area contributed by atoms with Crippen molar-refractivity contribution in [2.45, 2.75) is 43.6 Å². The third-order valence-electron chi connectivity index (χ3n) is 4.25. The highest BCUT2D eigenvalue weighted by Gasteiger charge is 2.16. The maximum absolute atomic E-state index is 12.1. The molecule has 0 radical (unpaired) electrons. The van der Waals surface area contributed by atoms with Crippen LogP contribution in [0.3, 0.4) is 0 Å². The Hall–Kier alpha value is -2.00. The SMILES string of the molecule is CCC(CC(C)c1ccc(SC)cc1)OC(=O)C=Cc1ccccc1. The van der Waals surface area contributed by atoms with E-state index in [4.69, 9.17) is 4.74 Å². The van der Waals surface area contributed by atoms with Gasteiger partial charge in [-0.1, -0.05) is 56.3 Å². The van der Waals surface area contributed by atoms with E-state index in [1.54, 1.807) is 17.8 Å². The summed E-state index contributed by atoms with van der Waals surface area (Å²) in [5.41, 5.74) is 2.28. The van der Waals surface area contributed by atoms with Gasteiger partial charge in [0.25, 0.3) is 0 Å². The van der Waals surface area contributed by atoms with Gasteiger partial charge in [-0.05, 0) is 54.4 Å². The maximum Gasteiger partial charge on any atom is 0.331 e. The molecule has 0 aliphatic heterocycles. The Morgan fingerprint density at radius 1 is 1.12 bits per heavy atom. The van der Waals surface area contributed by atoms with Gasteiger partial charge in [0.05, 0.1) is 0 Å². The van der Waals surface area contributed by atoms with Crippen LogP contribution in [0, 0.1) is 0 Å². The van der Waals surface area contributed by atoms with Crippen molar-refractivity contribution in [2.24, 2.45) is 0 Å². The summed E-state index contributed by atoms with van der Waals surface area (Å²) in [5, 5.41) is 0. The molecule has 0 heterocycles. The van der Waals surface area contributed by atoms with E-state index in [0.29, 0.717) is 5.92 Å². The van der Waals surface area contributed by atoms with Crippen LogP contribution < -0.4 is 0 Å². The van der Waals surface area contributed by atoms with Crippen LogP contribution in [0.4, 0.5) is 0 Å². The van der Waals surface area contributed by atoms with Crippen LogP contribution in [-0.2, 0) is 9.53 Å². The molecule has 0 aliphatic carbocycles. The van der Waals surface area contributed by atoms with E-state index in [2.05, 4.69) is 44.4 Å².